The van der Waals surface area contributed by atoms with Gasteiger partial charge in [0.15, 0.2) is 0 Å². The van der Waals surface area contributed by atoms with E-state index in [0.717, 1.165) is 0 Å². The topological polar surface area (TPSA) is 94.8 Å². The fourth-order valence-electron chi connectivity index (χ4n) is 0. The van der Waals surface area contributed by atoms with Crippen LogP contribution in [0.4, 0.5) is 0 Å². The first-order valence-corrected chi connectivity index (χ1v) is 3.55. The summed E-state index contributed by atoms with van der Waals surface area (Å²) in [5, 5.41) is 0. The van der Waals surface area contributed by atoms with E-state index in [0.29, 0.717) is 0 Å². The predicted molar refractivity (Wildman–Crippen MR) is 37.8 cm³/mol. The van der Waals surface area contributed by atoms with Gasteiger partial charge in [0.1, 0.15) is 5.78 Å². The summed E-state index contributed by atoms with van der Waals surface area (Å²) >= 11 is 0. The maximum atomic E-state index is 9.44. The van der Waals surface area contributed by atoms with E-state index >= 15 is 0 Å². The van der Waals surface area contributed by atoms with Crippen molar-refractivity contribution < 1.29 is 24.0 Å². The van der Waals surface area contributed by atoms with Gasteiger partial charge in [0, 0.05) is 0 Å². The summed E-state index contributed by atoms with van der Waals surface area (Å²) in [4.78, 5) is 31.0. The Hall–Kier alpha value is 0.780. The Morgan fingerprint density at radius 1 is 1.20 bits per heavy atom. The monoisotopic (exact) mass is 180 g/mol. The van der Waals surface area contributed by atoms with Crippen LogP contribution < -0.4 is 0 Å². The molecule has 0 saturated carbocycles. The minimum absolute atomic E-state index is 0. The summed E-state index contributed by atoms with van der Waals surface area (Å²) in [5.41, 5.74) is 0. The molecule has 5 nitrogen and oxygen atoms in total. The quantitative estimate of drug-likeness (QED) is 0.329. The van der Waals surface area contributed by atoms with Crippen LogP contribution in [0.5, 0.6) is 0 Å². The van der Waals surface area contributed by atoms with E-state index in [1.54, 1.807) is 0 Å². The van der Waals surface area contributed by atoms with Crippen LogP contribution in [-0.4, -0.2) is 50.0 Å². The van der Waals surface area contributed by atoms with E-state index in [-0.39, 0.29) is 35.3 Å². The van der Waals surface area contributed by atoms with Crippen molar-refractivity contribution in [3.63, 3.8) is 0 Å². The minimum atomic E-state index is -4.64. The first-order chi connectivity index (χ1) is 3.73. The molecule has 3 N–H and O–H groups in total. The summed E-state index contributed by atoms with van der Waals surface area (Å²) < 4.78 is 8.88. The molecular formula is C3H10NaO5P. The molecule has 0 spiro atoms. The van der Waals surface area contributed by atoms with E-state index in [1.165, 1.54) is 13.8 Å². The van der Waals surface area contributed by atoms with Crippen LogP contribution in [0.1, 0.15) is 13.8 Å². The molecule has 0 saturated heterocycles. The Kier molecular flexibility index (Phi) is 13.4. The second-order valence-electron chi connectivity index (χ2n) is 1.42. The molecule has 0 aromatic carbocycles. The van der Waals surface area contributed by atoms with Crippen molar-refractivity contribution in [2.24, 2.45) is 0 Å². The molecule has 0 aromatic heterocycles. The van der Waals surface area contributed by atoms with Gasteiger partial charge in [-0.25, -0.2) is 4.57 Å². The third-order valence-corrected chi connectivity index (χ3v) is 0. The number of carbonyl (C=O) groups excluding carboxylic acids is 1. The van der Waals surface area contributed by atoms with E-state index in [9.17, 15) is 4.79 Å². The molecule has 0 aliphatic carbocycles. The van der Waals surface area contributed by atoms with Gasteiger partial charge in [-0.3, -0.25) is 0 Å². The molecular weight excluding hydrogens is 170 g/mol. The van der Waals surface area contributed by atoms with Gasteiger partial charge >= 0.3 is 37.4 Å². The van der Waals surface area contributed by atoms with Gasteiger partial charge in [0.05, 0.1) is 0 Å². The van der Waals surface area contributed by atoms with Crippen molar-refractivity contribution >= 4 is 43.2 Å². The summed E-state index contributed by atoms with van der Waals surface area (Å²) in [5.74, 6) is 0.167. The molecule has 0 atom stereocenters. The molecule has 0 heterocycles. The zero-order chi connectivity index (χ0) is 8.08. The van der Waals surface area contributed by atoms with Crippen LogP contribution in [0.25, 0.3) is 0 Å². The molecule has 10 heavy (non-hydrogen) atoms. The van der Waals surface area contributed by atoms with Gasteiger partial charge in [0.2, 0.25) is 0 Å². The Bertz CT molecular complexity index is 117. The summed E-state index contributed by atoms with van der Waals surface area (Å²) in [6, 6.07) is 0. The summed E-state index contributed by atoms with van der Waals surface area (Å²) in [6.45, 7) is 3.06. The molecule has 0 rings (SSSR count). The van der Waals surface area contributed by atoms with Crippen LogP contribution in [0.3, 0.4) is 0 Å². The summed E-state index contributed by atoms with van der Waals surface area (Å²) in [7, 11) is -4.64. The van der Waals surface area contributed by atoms with Crippen molar-refractivity contribution in [3.05, 3.63) is 0 Å². The Labute approximate surface area is 81.0 Å². The molecule has 58 valence electrons. The number of hydrogen-bond acceptors (Lipinski definition) is 2. The van der Waals surface area contributed by atoms with Crippen molar-refractivity contribution in [3.8, 4) is 0 Å². The zero-order valence-electron chi connectivity index (χ0n) is 5.11. The molecule has 0 fully saturated rings. The van der Waals surface area contributed by atoms with E-state index < -0.39 is 7.82 Å². The molecule has 0 aliphatic heterocycles. The SMILES string of the molecule is CC(C)=O.O=P(O)(O)O.[NaH]. The number of hydrogen-bond donors (Lipinski definition) is 3. The Morgan fingerprint density at radius 3 is 1.20 bits per heavy atom. The van der Waals surface area contributed by atoms with Crippen molar-refractivity contribution in [1.29, 1.82) is 0 Å². The Morgan fingerprint density at radius 2 is 1.20 bits per heavy atom. The number of phosphoric acid groups is 1. The van der Waals surface area contributed by atoms with Crippen LogP contribution in [-0.2, 0) is 9.36 Å². The van der Waals surface area contributed by atoms with Gasteiger partial charge in [-0.2, -0.15) is 0 Å². The maximum absolute atomic E-state index is 9.44. The first-order valence-electron chi connectivity index (χ1n) is 1.99. The molecule has 0 aromatic rings. The zero-order valence-corrected chi connectivity index (χ0v) is 6.00. The third-order valence-electron chi connectivity index (χ3n) is 0. The van der Waals surface area contributed by atoms with Gasteiger partial charge in [-0.15, -0.1) is 0 Å². The first kappa shape index (κ1) is 17.0. The normalized spacial score (nSPS) is 8.50. The predicted octanol–water partition coefficient (Wildman–Crippen LogP) is -0.982. The van der Waals surface area contributed by atoms with Crippen molar-refractivity contribution in [2.75, 3.05) is 0 Å². The second kappa shape index (κ2) is 7.88. The van der Waals surface area contributed by atoms with Crippen LogP contribution in [0.15, 0.2) is 0 Å². The van der Waals surface area contributed by atoms with E-state index in [1.807, 2.05) is 0 Å². The van der Waals surface area contributed by atoms with Gasteiger partial charge in [0.25, 0.3) is 0 Å². The van der Waals surface area contributed by atoms with Crippen molar-refractivity contribution in [1.82, 2.24) is 0 Å². The standard InChI is InChI=1S/C3H6O.Na.H3O4P.H/c1-3(2)4;;1-5(2,3)4;/h1-2H3;;(H3,1,2,3,4);. The van der Waals surface area contributed by atoms with Crippen LogP contribution >= 0.6 is 7.82 Å². The molecule has 0 amide bonds. The molecule has 0 unspecified atom stereocenters. The van der Waals surface area contributed by atoms with Gasteiger partial charge in [-0.1, -0.05) is 0 Å². The fraction of sp³-hybridized carbons (Fsp3) is 0.667. The Balaban J connectivity index is -0.0000000910. The number of ketones is 1. The number of Topliss-reactive ketones (excluding diaryl/α,β-unsaturated/α-hetero) is 1. The van der Waals surface area contributed by atoms with Crippen molar-refractivity contribution in [2.45, 2.75) is 13.8 Å². The average Bonchev–Trinajstić information content (AvgIpc) is 1.19. The number of rotatable bonds is 0. The molecule has 0 aliphatic rings. The van der Waals surface area contributed by atoms with Gasteiger partial charge in [-0.05, 0) is 13.8 Å². The summed E-state index contributed by atoms with van der Waals surface area (Å²) in [6.07, 6.45) is 0. The molecule has 7 heteroatoms. The van der Waals surface area contributed by atoms with E-state index in [2.05, 4.69) is 0 Å². The van der Waals surface area contributed by atoms with Crippen LogP contribution in [0, 0.1) is 0 Å². The molecule has 0 bridgehead atoms. The van der Waals surface area contributed by atoms with Gasteiger partial charge < -0.3 is 19.5 Å². The second-order valence-corrected chi connectivity index (χ2v) is 2.45. The average molecular weight is 180 g/mol. The number of carbonyl (C=O) groups is 1. The molecule has 0 radical (unpaired) electrons. The third kappa shape index (κ3) is 874. The van der Waals surface area contributed by atoms with E-state index in [4.69, 9.17) is 19.2 Å². The fourth-order valence-corrected chi connectivity index (χ4v) is 0. The van der Waals surface area contributed by atoms with Crippen LogP contribution in [0.2, 0.25) is 0 Å².